The fourth-order valence-electron chi connectivity index (χ4n) is 2.34. The fourth-order valence-corrected chi connectivity index (χ4v) is 3.77. The number of aliphatic hydroxyl groups is 1. The number of allylic oxidation sites excluding steroid dienone is 3. The molecule has 0 spiro atoms. The van der Waals surface area contributed by atoms with E-state index in [9.17, 15) is 5.11 Å². The Morgan fingerprint density at radius 3 is 2.57 bits per heavy atom. The molecule has 1 N–H and O–H groups in total. The van der Waals surface area contributed by atoms with Gasteiger partial charge in [-0.2, -0.15) is 0 Å². The van der Waals surface area contributed by atoms with E-state index in [1.165, 1.54) is 10.6 Å². The van der Waals surface area contributed by atoms with E-state index in [-0.39, 0.29) is 6.61 Å². The SMILES string of the molecule is C/C=C\C(Cl)=C/CSc1c(CC(C)C)c(CO)c(C)n1C. The van der Waals surface area contributed by atoms with Crippen LogP contribution < -0.4 is 0 Å². The Balaban J connectivity index is 3.02. The number of rotatable bonds is 7. The molecular weight excluding hydrogens is 302 g/mol. The minimum absolute atomic E-state index is 0.109. The third kappa shape index (κ3) is 4.94. The van der Waals surface area contributed by atoms with Gasteiger partial charge in [0.2, 0.25) is 0 Å². The van der Waals surface area contributed by atoms with E-state index in [0.29, 0.717) is 5.92 Å². The molecule has 1 heterocycles. The maximum atomic E-state index is 9.67. The smallest absolute Gasteiger partial charge is 0.0787 e. The zero-order valence-electron chi connectivity index (χ0n) is 13.6. The second kappa shape index (κ2) is 8.72. The zero-order valence-corrected chi connectivity index (χ0v) is 15.2. The van der Waals surface area contributed by atoms with Crippen LogP contribution in [0.2, 0.25) is 0 Å². The summed E-state index contributed by atoms with van der Waals surface area (Å²) in [4.78, 5) is 0. The van der Waals surface area contributed by atoms with Gasteiger partial charge in [-0.05, 0) is 37.8 Å². The van der Waals surface area contributed by atoms with Gasteiger partial charge in [0.25, 0.3) is 0 Å². The monoisotopic (exact) mass is 327 g/mol. The van der Waals surface area contributed by atoms with Gasteiger partial charge in [-0.15, -0.1) is 11.8 Å². The Bertz CT molecular complexity index is 529. The lowest BCUT2D eigenvalue weighted by Crippen LogP contribution is -1.99. The number of thioether (sulfide) groups is 1. The van der Waals surface area contributed by atoms with Crippen LogP contribution in [0, 0.1) is 12.8 Å². The molecule has 0 aliphatic rings. The van der Waals surface area contributed by atoms with Crippen molar-refractivity contribution < 1.29 is 5.11 Å². The molecule has 2 nitrogen and oxygen atoms in total. The Morgan fingerprint density at radius 2 is 2.05 bits per heavy atom. The quantitative estimate of drug-likeness (QED) is 0.574. The van der Waals surface area contributed by atoms with E-state index in [4.69, 9.17) is 11.6 Å². The molecule has 1 aromatic heterocycles. The van der Waals surface area contributed by atoms with E-state index in [0.717, 1.165) is 28.5 Å². The average Bonchev–Trinajstić information content (AvgIpc) is 2.62. The lowest BCUT2D eigenvalue weighted by atomic mass is 10.0. The van der Waals surface area contributed by atoms with Gasteiger partial charge < -0.3 is 9.67 Å². The minimum Gasteiger partial charge on any atom is -0.392 e. The van der Waals surface area contributed by atoms with Crippen molar-refractivity contribution in [3.8, 4) is 0 Å². The lowest BCUT2D eigenvalue weighted by molar-refractivity contribution is 0.279. The summed E-state index contributed by atoms with van der Waals surface area (Å²) < 4.78 is 2.19. The number of nitrogens with zero attached hydrogens (tertiary/aromatic N) is 1. The van der Waals surface area contributed by atoms with Crippen LogP contribution in [-0.2, 0) is 20.1 Å². The van der Waals surface area contributed by atoms with Crippen molar-refractivity contribution in [2.24, 2.45) is 13.0 Å². The van der Waals surface area contributed by atoms with Gasteiger partial charge in [0.05, 0.1) is 11.6 Å². The molecule has 0 atom stereocenters. The summed E-state index contributed by atoms with van der Waals surface area (Å²) in [6.45, 7) is 8.55. The predicted molar refractivity (Wildman–Crippen MR) is 94.1 cm³/mol. The first-order valence-corrected chi connectivity index (χ1v) is 8.67. The van der Waals surface area contributed by atoms with Gasteiger partial charge in [0, 0.05) is 29.1 Å². The summed E-state index contributed by atoms with van der Waals surface area (Å²) >= 11 is 7.87. The molecular formula is C17H26ClNOS. The molecule has 0 radical (unpaired) electrons. The highest BCUT2D eigenvalue weighted by Gasteiger charge is 2.18. The third-order valence-electron chi connectivity index (χ3n) is 3.46. The molecule has 0 bridgehead atoms. The van der Waals surface area contributed by atoms with Gasteiger partial charge in [0.15, 0.2) is 0 Å². The molecule has 1 aromatic rings. The molecule has 4 heteroatoms. The summed E-state index contributed by atoms with van der Waals surface area (Å²) in [5, 5.41) is 11.7. The maximum absolute atomic E-state index is 9.67. The highest BCUT2D eigenvalue weighted by molar-refractivity contribution is 7.99. The van der Waals surface area contributed by atoms with Gasteiger partial charge in [-0.3, -0.25) is 0 Å². The number of hydrogen-bond donors (Lipinski definition) is 1. The topological polar surface area (TPSA) is 25.2 Å². The van der Waals surface area contributed by atoms with Crippen molar-refractivity contribution in [1.82, 2.24) is 4.57 Å². The number of halogens is 1. The van der Waals surface area contributed by atoms with E-state index in [2.05, 4.69) is 32.4 Å². The van der Waals surface area contributed by atoms with Crippen molar-refractivity contribution in [2.75, 3.05) is 5.75 Å². The largest absolute Gasteiger partial charge is 0.392 e. The summed E-state index contributed by atoms with van der Waals surface area (Å²) in [5.41, 5.74) is 3.52. The zero-order chi connectivity index (χ0) is 16.0. The van der Waals surface area contributed by atoms with Gasteiger partial charge >= 0.3 is 0 Å². The van der Waals surface area contributed by atoms with E-state index in [1.54, 1.807) is 11.8 Å². The molecule has 118 valence electrons. The first-order valence-electron chi connectivity index (χ1n) is 7.31. The number of aliphatic hydroxyl groups excluding tert-OH is 1. The number of hydrogen-bond acceptors (Lipinski definition) is 2. The second-order valence-electron chi connectivity index (χ2n) is 5.56. The van der Waals surface area contributed by atoms with Crippen LogP contribution >= 0.6 is 23.4 Å². The van der Waals surface area contributed by atoms with Gasteiger partial charge in [0.1, 0.15) is 0 Å². The fraction of sp³-hybridized carbons (Fsp3) is 0.529. The van der Waals surface area contributed by atoms with E-state index in [1.807, 2.05) is 25.2 Å². The van der Waals surface area contributed by atoms with Gasteiger partial charge in [-0.25, -0.2) is 0 Å². The summed E-state index contributed by atoms with van der Waals surface area (Å²) in [7, 11) is 2.07. The number of aromatic nitrogens is 1. The van der Waals surface area contributed by atoms with E-state index < -0.39 is 0 Å². The average molecular weight is 328 g/mol. The van der Waals surface area contributed by atoms with Crippen LogP contribution in [0.1, 0.15) is 37.6 Å². The molecule has 21 heavy (non-hydrogen) atoms. The van der Waals surface area contributed by atoms with Gasteiger partial charge in [-0.1, -0.05) is 37.6 Å². The van der Waals surface area contributed by atoms with Crippen LogP contribution in [0.15, 0.2) is 28.3 Å². The molecule has 0 unspecified atom stereocenters. The molecule has 0 amide bonds. The third-order valence-corrected chi connectivity index (χ3v) is 4.87. The molecule has 0 aromatic carbocycles. The van der Waals surface area contributed by atoms with Crippen LogP contribution in [0.3, 0.4) is 0 Å². The van der Waals surface area contributed by atoms with Crippen molar-refractivity contribution in [2.45, 2.75) is 45.7 Å². The van der Waals surface area contributed by atoms with Crippen LogP contribution in [0.25, 0.3) is 0 Å². The molecule has 0 aliphatic heterocycles. The second-order valence-corrected chi connectivity index (χ2v) is 7.01. The Hall–Kier alpha value is -0.640. The Morgan fingerprint density at radius 1 is 1.38 bits per heavy atom. The first-order chi connectivity index (χ1) is 9.92. The Kier molecular flexibility index (Phi) is 7.64. The summed E-state index contributed by atoms with van der Waals surface area (Å²) in [6, 6.07) is 0. The van der Waals surface area contributed by atoms with Crippen molar-refractivity contribution in [3.05, 3.63) is 40.1 Å². The highest BCUT2D eigenvalue weighted by atomic mass is 35.5. The summed E-state index contributed by atoms with van der Waals surface area (Å²) in [6.07, 6.45) is 6.84. The standard InChI is InChI=1S/C17H26ClNOS/c1-6-7-14(18)8-9-21-17-15(10-12(2)3)16(11-20)13(4)19(17)5/h6-8,12,20H,9-11H2,1-5H3/b7-6-,14-8+. The first kappa shape index (κ1) is 18.4. The lowest BCUT2D eigenvalue weighted by Gasteiger charge is -2.09. The highest BCUT2D eigenvalue weighted by Crippen LogP contribution is 2.32. The van der Waals surface area contributed by atoms with Crippen LogP contribution in [0.4, 0.5) is 0 Å². The van der Waals surface area contributed by atoms with Crippen LogP contribution in [-0.4, -0.2) is 15.4 Å². The Labute approximate surface area is 137 Å². The minimum atomic E-state index is 0.109. The summed E-state index contributed by atoms with van der Waals surface area (Å²) in [5.74, 6) is 1.40. The molecule has 0 saturated heterocycles. The van der Waals surface area contributed by atoms with E-state index >= 15 is 0 Å². The molecule has 0 aliphatic carbocycles. The van der Waals surface area contributed by atoms with Crippen molar-refractivity contribution in [3.63, 3.8) is 0 Å². The normalized spacial score (nSPS) is 12.9. The van der Waals surface area contributed by atoms with Crippen LogP contribution in [0.5, 0.6) is 0 Å². The molecule has 0 saturated carbocycles. The predicted octanol–water partition coefficient (Wildman–Crippen LogP) is 4.82. The van der Waals surface area contributed by atoms with Crippen molar-refractivity contribution >= 4 is 23.4 Å². The maximum Gasteiger partial charge on any atom is 0.0787 e. The molecule has 1 rings (SSSR count). The molecule has 0 fully saturated rings. The van der Waals surface area contributed by atoms with Crippen molar-refractivity contribution in [1.29, 1.82) is 0 Å².